The lowest BCUT2D eigenvalue weighted by Crippen LogP contribution is -2.47. The monoisotopic (exact) mass is 259 g/mol. The maximum atomic E-state index is 12.6. The number of carbonyl (C=O) groups is 1. The maximum Gasteiger partial charge on any atom is 0.399 e. The summed E-state index contributed by atoms with van der Waals surface area (Å²) in [5.41, 5.74) is 0.792. The van der Waals surface area contributed by atoms with Gasteiger partial charge in [0.05, 0.1) is 0 Å². The van der Waals surface area contributed by atoms with Crippen LogP contribution in [0.25, 0.3) is 0 Å². The van der Waals surface area contributed by atoms with Crippen LogP contribution in [0.15, 0.2) is 37.0 Å². The van der Waals surface area contributed by atoms with E-state index in [0.717, 1.165) is 5.57 Å². The van der Waals surface area contributed by atoms with Gasteiger partial charge in [-0.15, -0.1) is 0 Å². The van der Waals surface area contributed by atoms with E-state index in [4.69, 9.17) is 0 Å². The molecule has 0 aliphatic carbocycles. The lowest BCUT2D eigenvalue weighted by atomic mass is 9.95. The van der Waals surface area contributed by atoms with Gasteiger partial charge in [-0.05, 0) is 5.57 Å². The SMILES string of the molecule is C=C/C=C(\C=C)CN1CCC(=O)C(C(F)(F)F)C1. The highest BCUT2D eigenvalue weighted by atomic mass is 19.4. The number of alkyl halides is 3. The zero-order chi connectivity index (χ0) is 13.8. The quantitative estimate of drug-likeness (QED) is 0.723. The summed E-state index contributed by atoms with van der Waals surface area (Å²) < 4.78 is 37.9. The highest BCUT2D eigenvalue weighted by molar-refractivity contribution is 5.82. The molecule has 1 aliphatic rings. The predicted octanol–water partition coefficient (Wildman–Crippen LogP) is 2.74. The molecule has 0 N–H and O–H groups in total. The van der Waals surface area contributed by atoms with Crippen molar-refractivity contribution in [1.29, 1.82) is 0 Å². The molecule has 0 amide bonds. The van der Waals surface area contributed by atoms with Crippen molar-refractivity contribution in [3.05, 3.63) is 37.0 Å². The fraction of sp³-hybridized carbons (Fsp3) is 0.462. The highest BCUT2D eigenvalue weighted by Gasteiger charge is 2.46. The van der Waals surface area contributed by atoms with Crippen molar-refractivity contribution in [1.82, 2.24) is 4.90 Å². The van der Waals surface area contributed by atoms with Crippen LogP contribution < -0.4 is 0 Å². The van der Waals surface area contributed by atoms with Crippen molar-refractivity contribution in [3.8, 4) is 0 Å². The van der Waals surface area contributed by atoms with Crippen LogP contribution >= 0.6 is 0 Å². The van der Waals surface area contributed by atoms with E-state index < -0.39 is 17.9 Å². The van der Waals surface area contributed by atoms with Gasteiger partial charge in [0.1, 0.15) is 11.7 Å². The summed E-state index contributed by atoms with van der Waals surface area (Å²) in [6.45, 7) is 7.57. The molecule has 0 bridgehead atoms. The van der Waals surface area contributed by atoms with Crippen molar-refractivity contribution in [2.75, 3.05) is 19.6 Å². The summed E-state index contributed by atoms with van der Waals surface area (Å²) in [5.74, 6) is -2.58. The summed E-state index contributed by atoms with van der Waals surface area (Å²) in [6.07, 6.45) is 0.342. The van der Waals surface area contributed by atoms with Gasteiger partial charge in [-0.1, -0.05) is 31.4 Å². The molecule has 1 saturated heterocycles. The van der Waals surface area contributed by atoms with Crippen molar-refractivity contribution >= 4 is 5.78 Å². The third kappa shape index (κ3) is 3.84. The number of allylic oxidation sites excluding steroid dienone is 2. The first-order valence-electron chi connectivity index (χ1n) is 5.64. The molecule has 1 heterocycles. The Morgan fingerprint density at radius 1 is 1.44 bits per heavy atom. The molecule has 0 aromatic rings. The number of hydrogen-bond donors (Lipinski definition) is 0. The van der Waals surface area contributed by atoms with E-state index in [-0.39, 0.29) is 13.0 Å². The molecular weight excluding hydrogens is 243 g/mol. The fourth-order valence-corrected chi connectivity index (χ4v) is 1.92. The molecule has 1 aliphatic heterocycles. The van der Waals surface area contributed by atoms with E-state index in [9.17, 15) is 18.0 Å². The zero-order valence-corrected chi connectivity index (χ0v) is 10.0. The lowest BCUT2D eigenvalue weighted by Gasteiger charge is -2.32. The van der Waals surface area contributed by atoms with Gasteiger partial charge in [0.15, 0.2) is 0 Å². The molecule has 0 aromatic heterocycles. The second-order valence-corrected chi connectivity index (χ2v) is 4.23. The van der Waals surface area contributed by atoms with Crippen LogP contribution in [0.5, 0.6) is 0 Å². The van der Waals surface area contributed by atoms with Crippen LogP contribution in [-0.4, -0.2) is 36.5 Å². The van der Waals surface area contributed by atoms with E-state index in [1.165, 1.54) is 0 Å². The second kappa shape index (κ2) is 6.00. The fourth-order valence-electron chi connectivity index (χ4n) is 1.92. The number of ketones is 1. The summed E-state index contributed by atoms with van der Waals surface area (Å²) in [5, 5.41) is 0. The van der Waals surface area contributed by atoms with Crippen molar-refractivity contribution in [3.63, 3.8) is 0 Å². The van der Waals surface area contributed by atoms with E-state index >= 15 is 0 Å². The van der Waals surface area contributed by atoms with Crippen molar-refractivity contribution in [2.45, 2.75) is 12.6 Å². The Hall–Kier alpha value is -1.36. The van der Waals surface area contributed by atoms with E-state index in [1.54, 1.807) is 23.1 Å². The van der Waals surface area contributed by atoms with Gasteiger partial charge in [0.2, 0.25) is 0 Å². The molecule has 18 heavy (non-hydrogen) atoms. The Labute approximate surface area is 104 Å². The Kier molecular flexibility index (Phi) is 4.90. The third-order valence-corrected chi connectivity index (χ3v) is 2.90. The predicted molar refractivity (Wildman–Crippen MR) is 64.1 cm³/mol. The van der Waals surface area contributed by atoms with Crippen LogP contribution in [0.3, 0.4) is 0 Å². The maximum absolute atomic E-state index is 12.6. The van der Waals surface area contributed by atoms with Gasteiger partial charge in [-0.25, -0.2) is 0 Å². The molecule has 1 unspecified atom stereocenters. The Morgan fingerprint density at radius 2 is 2.11 bits per heavy atom. The van der Waals surface area contributed by atoms with E-state index in [0.29, 0.717) is 13.1 Å². The van der Waals surface area contributed by atoms with Crippen LogP contribution in [0, 0.1) is 5.92 Å². The molecule has 5 heteroatoms. The average molecular weight is 259 g/mol. The molecule has 0 saturated carbocycles. The normalized spacial score (nSPS) is 22.9. The number of hydrogen-bond acceptors (Lipinski definition) is 2. The summed E-state index contributed by atoms with van der Waals surface area (Å²) in [6, 6.07) is 0. The molecule has 0 aromatic carbocycles. The third-order valence-electron chi connectivity index (χ3n) is 2.90. The molecule has 1 rings (SSSR count). The second-order valence-electron chi connectivity index (χ2n) is 4.23. The number of halogens is 3. The number of nitrogens with zero attached hydrogens (tertiary/aromatic N) is 1. The molecular formula is C13H16F3NO. The van der Waals surface area contributed by atoms with Gasteiger partial charge < -0.3 is 0 Å². The first kappa shape index (κ1) is 14.7. The van der Waals surface area contributed by atoms with Crippen LogP contribution in [-0.2, 0) is 4.79 Å². The number of Topliss-reactive ketones (excluding diaryl/α,β-unsaturated/α-hetero) is 1. The van der Waals surface area contributed by atoms with Crippen LogP contribution in [0.2, 0.25) is 0 Å². The molecule has 100 valence electrons. The Bertz CT molecular complexity index is 371. The minimum atomic E-state index is -4.45. The van der Waals surface area contributed by atoms with Crippen molar-refractivity contribution < 1.29 is 18.0 Å². The topological polar surface area (TPSA) is 20.3 Å². The standard InChI is InChI=1S/C13H16F3NO/c1-3-5-10(4-2)8-17-7-6-12(18)11(9-17)13(14,15)16/h3-5,11H,1-2,6-9H2/b10-5+. The minimum absolute atomic E-state index is 0.0529. The lowest BCUT2D eigenvalue weighted by molar-refractivity contribution is -0.188. The number of rotatable bonds is 4. The smallest absolute Gasteiger partial charge is 0.299 e. The van der Waals surface area contributed by atoms with Gasteiger partial charge >= 0.3 is 6.18 Å². The van der Waals surface area contributed by atoms with Crippen molar-refractivity contribution in [2.24, 2.45) is 5.92 Å². The largest absolute Gasteiger partial charge is 0.399 e. The zero-order valence-electron chi connectivity index (χ0n) is 10.0. The molecule has 1 atom stereocenters. The molecule has 1 fully saturated rings. The van der Waals surface area contributed by atoms with Gasteiger partial charge in [-0.3, -0.25) is 9.69 Å². The van der Waals surface area contributed by atoms with E-state index in [2.05, 4.69) is 13.2 Å². The van der Waals surface area contributed by atoms with Gasteiger partial charge in [0, 0.05) is 26.1 Å². The summed E-state index contributed by atoms with van der Waals surface area (Å²) in [7, 11) is 0. The summed E-state index contributed by atoms with van der Waals surface area (Å²) >= 11 is 0. The van der Waals surface area contributed by atoms with Gasteiger partial charge in [-0.2, -0.15) is 13.2 Å². The number of carbonyl (C=O) groups excluding carboxylic acids is 1. The highest BCUT2D eigenvalue weighted by Crippen LogP contribution is 2.31. The Morgan fingerprint density at radius 3 is 2.61 bits per heavy atom. The molecule has 0 spiro atoms. The van der Waals surface area contributed by atoms with Crippen LogP contribution in [0.4, 0.5) is 13.2 Å². The van der Waals surface area contributed by atoms with Gasteiger partial charge in [0.25, 0.3) is 0 Å². The Balaban J connectivity index is 2.71. The molecule has 2 nitrogen and oxygen atoms in total. The van der Waals surface area contributed by atoms with Crippen LogP contribution in [0.1, 0.15) is 6.42 Å². The van der Waals surface area contributed by atoms with E-state index in [1.807, 2.05) is 0 Å². The number of piperidine rings is 1. The first-order chi connectivity index (χ1) is 8.38. The minimum Gasteiger partial charge on any atom is -0.299 e. The first-order valence-corrected chi connectivity index (χ1v) is 5.64. The molecule has 0 radical (unpaired) electrons. The summed E-state index contributed by atoms with van der Waals surface area (Å²) in [4.78, 5) is 12.9. The number of likely N-dealkylation sites (tertiary alicyclic amines) is 1. The average Bonchev–Trinajstić information content (AvgIpc) is 2.29.